The standard InChI is InChI=1S/C27H22ClF3N2O3S/c1-19-7-12-24(13-8-19)37(34,35)33(17-20-5-3-2-4-6-20)18-23-11-10-22(36-23)16-32-21-9-14-26(28)25(15-21)27(29,30)31/h2-16H,17-18H2,1H3. The van der Waals surface area contributed by atoms with Crippen molar-refractivity contribution >= 4 is 33.5 Å². The fourth-order valence-electron chi connectivity index (χ4n) is 3.54. The lowest BCUT2D eigenvalue weighted by Gasteiger charge is -2.21. The minimum Gasteiger partial charge on any atom is -0.459 e. The van der Waals surface area contributed by atoms with E-state index < -0.39 is 26.8 Å². The molecule has 3 aromatic carbocycles. The van der Waals surface area contributed by atoms with Gasteiger partial charge in [-0.1, -0.05) is 59.6 Å². The molecule has 0 spiro atoms. The van der Waals surface area contributed by atoms with Gasteiger partial charge in [0.2, 0.25) is 10.0 Å². The summed E-state index contributed by atoms with van der Waals surface area (Å²) < 4.78 is 73.3. The third-order valence-corrected chi connectivity index (χ3v) is 7.61. The number of nitrogens with zero attached hydrogens (tertiary/aromatic N) is 2. The molecule has 0 atom stereocenters. The van der Waals surface area contributed by atoms with Gasteiger partial charge in [-0.15, -0.1) is 0 Å². The molecular formula is C27H22ClF3N2O3S. The van der Waals surface area contributed by atoms with Crippen molar-refractivity contribution in [2.45, 2.75) is 31.1 Å². The van der Waals surface area contributed by atoms with Crippen LogP contribution in [0.25, 0.3) is 0 Å². The van der Waals surface area contributed by atoms with Crippen molar-refractivity contribution in [3.63, 3.8) is 0 Å². The van der Waals surface area contributed by atoms with E-state index in [-0.39, 0.29) is 29.4 Å². The molecule has 0 aliphatic heterocycles. The van der Waals surface area contributed by atoms with E-state index in [0.29, 0.717) is 5.76 Å². The summed E-state index contributed by atoms with van der Waals surface area (Å²) in [5.41, 5.74) is 0.797. The monoisotopic (exact) mass is 546 g/mol. The molecule has 0 fully saturated rings. The van der Waals surface area contributed by atoms with Gasteiger partial charge in [-0.3, -0.25) is 4.99 Å². The van der Waals surface area contributed by atoms with Gasteiger partial charge in [-0.05, 0) is 55.0 Å². The number of alkyl halides is 3. The van der Waals surface area contributed by atoms with Crippen molar-refractivity contribution in [1.29, 1.82) is 0 Å². The van der Waals surface area contributed by atoms with Gasteiger partial charge in [-0.2, -0.15) is 17.5 Å². The molecule has 0 amide bonds. The second-order valence-corrected chi connectivity index (χ2v) is 10.6. The Morgan fingerprint density at radius 3 is 2.32 bits per heavy atom. The third kappa shape index (κ3) is 6.68. The lowest BCUT2D eigenvalue weighted by atomic mass is 10.2. The Bertz CT molecular complexity index is 1500. The van der Waals surface area contributed by atoms with E-state index in [1.165, 1.54) is 16.6 Å². The first kappa shape index (κ1) is 26.7. The van der Waals surface area contributed by atoms with Crippen LogP contribution in [0.4, 0.5) is 18.9 Å². The third-order valence-electron chi connectivity index (χ3n) is 5.47. The topological polar surface area (TPSA) is 62.9 Å². The first-order valence-corrected chi connectivity index (χ1v) is 12.9. The lowest BCUT2D eigenvalue weighted by molar-refractivity contribution is -0.137. The van der Waals surface area contributed by atoms with Gasteiger partial charge >= 0.3 is 6.18 Å². The minimum atomic E-state index is -4.61. The fraction of sp³-hybridized carbons (Fsp3) is 0.148. The molecule has 4 aromatic rings. The van der Waals surface area contributed by atoms with Gasteiger partial charge in [0.25, 0.3) is 0 Å². The quantitative estimate of drug-likeness (QED) is 0.216. The van der Waals surface area contributed by atoms with Gasteiger partial charge < -0.3 is 4.42 Å². The average Bonchev–Trinajstić information content (AvgIpc) is 3.31. The van der Waals surface area contributed by atoms with Crippen molar-refractivity contribution in [3.05, 3.63) is 118 Å². The van der Waals surface area contributed by atoms with E-state index in [9.17, 15) is 21.6 Å². The highest BCUT2D eigenvalue weighted by molar-refractivity contribution is 7.89. The van der Waals surface area contributed by atoms with Crippen molar-refractivity contribution in [2.75, 3.05) is 0 Å². The molecule has 0 unspecified atom stereocenters. The van der Waals surface area contributed by atoms with Gasteiger partial charge in [0, 0.05) is 6.54 Å². The molecule has 10 heteroatoms. The van der Waals surface area contributed by atoms with Crippen LogP contribution in [0.5, 0.6) is 0 Å². The smallest absolute Gasteiger partial charge is 0.417 e. The molecule has 192 valence electrons. The summed E-state index contributed by atoms with van der Waals surface area (Å²) in [6.07, 6.45) is -3.34. The largest absolute Gasteiger partial charge is 0.459 e. The molecule has 1 aromatic heterocycles. The summed E-state index contributed by atoms with van der Waals surface area (Å²) in [4.78, 5) is 4.21. The molecule has 0 aliphatic rings. The number of hydrogen-bond donors (Lipinski definition) is 0. The Labute approximate surface area is 217 Å². The zero-order valence-electron chi connectivity index (χ0n) is 19.6. The van der Waals surface area contributed by atoms with E-state index in [1.807, 2.05) is 37.3 Å². The van der Waals surface area contributed by atoms with Crippen LogP contribution < -0.4 is 0 Å². The van der Waals surface area contributed by atoms with Crippen LogP contribution in [0, 0.1) is 6.92 Å². The van der Waals surface area contributed by atoms with Crippen LogP contribution in [0.1, 0.15) is 28.2 Å². The predicted molar refractivity (Wildman–Crippen MR) is 136 cm³/mol. The molecule has 1 heterocycles. The minimum absolute atomic E-state index is 0.0438. The van der Waals surface area contributed by atoms with Crippen LogP contribution in [0.3, 0.4) is 0 Å². The second kappa shape index (κ2) is 10.9. The summed E-state index contributed by atoms with van der Waals surface area (Å²) in [5.74, 6) is 0.603. The van der Waals surface area contributed by atoms with E-state index in [4.69, 9.17) is 16.0 Å². The number of halogens is 4. The Balaban J connectivity index is 1.58. The van der Waals surface area contributed by atoms with Crippen molar-refractivity contribution in [1.82, 2.24) is 4.31 Å². The molecule has 0 saturated heterocycles. The van der Waals surface area contributed by atoms with Crippen LogP contribution in [0.2, 0.25) is 5.02 Å². The normalized spacial score (nSPS) is 12.5. The number of aryl methyl sites for hydroxylation is 1. The highest BCUT2D eigenvalue weighted by Crippen LogP contribution is 2.36. The van der Waals surface area contributed by atoms with Gasteiger partial charge in [0.05, 0.1) is 33.9 Å². The number of benzene rings is 3. The first-order chi connectivity index (χ1) is 17.5. The second-order valence-electron chi connectivity index (χ2n) is 8.30. The molecule has 0 aliphatic carbocycles. The lowest BCUT2D eigenvalue weighted by Crippen LogP contribution is -2.30. The number of hydrogen-bond acceptors (Lipinski definition) is 4. The first-order valence-electron chi connectivity index (χ1n) is 11.1. The average molecular weight is 547 g/mol. The van der Waals surface area contributed by atoms with Gasteiger partial charge in [-0.25, -0.2) is 8.42 Å². The number of sulfonamides is 1. The molecule has 0 N–H and O–H groups in total. The van der Waals surface area contributed by atoms with Crippen molar-refractivity contribution < 1.29 is 26.0 Å². The maximum atomic E-state index is 13.5. The Morgan fingerprint density at radius 1 is 0.946 bits per heavy atom. The molecule has 0 radical (unpaired) electrons. The molecule has 4 rings (SSSR count). The Morgan fingerprint density at radius 2 is 1.65 bits per heavy atom. The van der Waals surface area contributed by atoms with Crippen LogP contribution in [-0.4, -0.2) is 18.9 Å². The van der Waals surface area contributed by atoms with Gasteiger partial charge in [0.15, 0.2) is 0 Å². The summed E-state index contributed by atoms with van der Waals surface area (Å²) in [7, 11) is -3.86. The van der Waals surface area contributed by atoms with Crippen LogP contribution in [0.15, 0.2) is 99.2 Å². The molecule has 5 nitrogen and oxygen atoms in total. The number of aliphatic imine (C=N–C) groups is 1. The zero-order chi connectivity index (χ0) is 26.6. The Hall–Kier alpha value is -3.40. The molecular weight excluding hydrogens is 525 g/mol. The summed E-state index contributed by atoms with van der Waals surface area (Å²) in [5, 5.41) is -0.417. The fourth-order valence-corrected chi connectivity index (χ4v) is 5.16. The van der Waals surface area contributed by atoms with Gasteiger partial charge in [0.1, 0.15) is 11.5 Å². The molecule has 37 heavy (non-hydrogen) atoms. The SMILES string of the molecule is Cc1ccc(S(=O)(=O)N(Cc2ccccc2)Cc2ccc(C=Nc3ccc(Cl)c(C(F)(F)F)c3)o2)cc1. The van der Waals surface area contributed by atoms with Crippen LogP contribution >= 0.6 is 11.6 Å². The van der Waals surface area contributed by atoms with Crippen molar-refractivity contribution in [2.24, 2.45) is 4.99 Å². The summed E-state index contributed by atoms with van der Waals surface area (Å²) in [6, 6.07) is 22.3. The number of rotatable bonds is 8. The van der Waals surface area contributed by atoms with Crippen molar-refractivity contribution in [3.8, 4) is 0 Å². The van der Waals surface area contributed by atoms with E-state index in [0.717, 1.165) is 23.3 Å². The van der Waals surface area contributed by atoms with Crippen LogP contribution in [-0.2, 0) is 29.3 Å². The summed E-state index contributed by atoms with van der Waals surface area (Å²) in [6.45, 7) is 1.93. The maximum Gasteiger partial charge on any atom is 0.417 e. The summed E-state index contributed by atoms with van der Waals surface area (Å²) >= 11 is 5.65. The Kier molecular flexibility index (Phi) is 7.87. The predicted octanol–water partition coefficient (Wildman–Crippen LogP) is 7.40. The zero-order valence-corrected chi connectivity index (χ0v) is 21.2. The van der Waals surface area contributed by atoms with E-state index in [2.05, 4.69) is 4.99 Å². The maximum absolute atomic E-state index is 13.5. The van der Waals surface area contributed by atoms with E-state index in [1.54, 1.807) is 36.4 Å². The molecule has 0 bridgehead atoms. The highest BCUT2D eigenvalue weighted by atomic mass is 35.5. The molecule has 0 saturated carbocycles. The number of furan rings is 1. The van der Waals surface area contributed by atoms with E-state index >= 15 is 0 Å². The highest BCUT2D eigenvalue weighted by Gasteiger charge is 2.33.